The van der Waals surface area contributed by atoms with Gasteiger partial charge in [0.1, 0.15) is 5.15 Å². The quantitative estimate of drug-likeness (QED) is 0.670. The highest BCUT2D eigenvalue weighted by Crippen LogP contribution is 2.22. The van der Waals surface area contributed by atoms with E-state index in [0.29, 0.717) is 16.5 Å². The molecule has 0 spiro atoms. The molecule has 16 heavy (non-hydrogen) atoms. The van der Waals surface area contributed by atoms with E-state index in [1.807, 2.05) is 0 Å². The summed E-state index contributed by atoms with van der Waals surface area (Å²) in [6, 6.07) is 3.37. The van der Waals surface area contributed by atoms with Crippen molar-refractivity contribution in [2.45, 2.75) is 20.8 Å². The van der Waals surface area contributed by atoms with Crippen molar-refractivity contribution in [2.24, 2.45) is 5.41 Å². The maximum Gasteiger partial charge on any atom is 0.231 e. The lowest BCUT2D eigenvalue weighted by atomic mass is 9.95. The number of carbonyl (C=O) groups excluding carboxylic acids is 1. The standard InChI is InChI=1S/C11H14Cl2N2O/c1-7-8(4-5-9(13)14-7)15-10(16)11(2,3)6-12/h4-5H,6H2,1-3H3,(H,15,16). The molecule has 0 aromatic carbocycles. The zero-order valence-corrected chi connectivity index (χ0v) is 11.0. The van der Waals surface area contributed by atoms with E-state index in [1.54, 1.807) is 32.9 Å². The molecule has 1 N–H and O–H groups in total. The van der Waals surface area contributed by atoms with Gasteiger partial charge in [0.2, 0.25) is 5.91 Å². The Hall–Kier alpha value is -0.800. The second kappa shape index (κ2) is 5.02. The molecule has 0 unspecified atom stereocenters. The molecule has 3 nitrogen and oxygen atoms in total. The summed E-state index contributed by atoms with van der Waals surface area (Å²) in [6.07, 6.45) is 0. The molecule has 0 atom stereocenters. The first-order valence-corrected chi connectivity index (χ1v) is 5.78. The van der Waals surface area contributed by atoms with Gasteiger partial charge in [-0.15, -0.1) is 11.6 Å². The third kappa shape index (κ3) is 3.09. The summed E-state index contributed by atoms with van der Waals surface area (Å²) >= 11 is 11.4. The van der Waals surface area contributed by atoms with Crippen molar-refractivity contribution in [3.8, 4) is 0 Å². The molecule has 88 valence electrons. The van der Waals surface area contributed by atoms with Gasteiger partial charge in [-0.3, -0.25) is 4.79 Å². The minimum absolute atomic E-state index is 0.130. The lowest BCUT2D eigenvalue weighted by Gasteiger charge is -2.20. The molecule has 0 radical (unpaired) electrons. The third-order valence-corrected chi connectivity index (χ3v) is 3.13. The average Bonchev–Trinajstić information content (AvgIpc) is 2.22. The minimum Gasteiger partial charge on any atom is -0.324 e. The highest BCUT2D eigenvalue weighted by Gasteiger charge is 2.26. The zero-order chi connectivity index (χ0) is 12.3. The van der Waals surface area contributed by atoms with Crippen LogP contribution in [0.2, 0.25) is 5.15 Å². The summed E-state index contributed by atoms with van der Waals surface area (Å²) in [5, 5.41) is 3.19. The SMILES string of the molecule is Cc1nc(Cl)ccc1NC(=O)C(C)(C)CCl. The molecule has 0 bridgehead atoms. The van der Waals surface area contributed by atoms with Crippen molar-refractivity contribution in [1.29, 1.82) is 0 Å². The van der Waals surface area contributed by atoms with Crippen LogP contribution in [0.4, 0.5) is 5.69 Å². The van der Waals surface area contributed by atoms with Crippen LogP contribution in [-0.4, -0.2) is 16.8 Å². The maximum atomic E-state index is 11.8. The summed E-state index contributed by atoms with van der Waals surface area (Å²) < 4.78 is 0. The largest absolute Gasteiger partial charge is 0.324 e. The topological polar surface area (TPSA) is 42.0 Å². The molecule has 1 aromatic heterocycles. The van der Waals surface area contributed by atoms with Gasteiger partial charge in [0.15, 0.2) is 0 Å². The van der Waals surface area contributed by atoms with Crippen molar-refractivity contribution >= 4 is 34.8 Å². The Bertz CT molecular complexity index is 405. The van der Waals surface area contributed by atoms with Crippen LogP contribution in [0, 0.1) is 12.3 Å². The van der Waals surface area contributed by atoms with Crippen molar-refractivity contribution < 1.29 is 4.79 Å². The Morgan fingerprint density at radius 1 is 1.50 bits per heavy atom. The fourth-order valence-corrected chi connectivity index (χ4v) is 1.33. The fraction of sp³-hybridized carbons (Fsp3) is 0.455. The molecule has 0 aliphatic heterocycles. The Balaban J connectivity index is 2.85. The minimum atomic E-state index is -0.604. The summed E-state index contributed by atoms with van der Waals surface area (Å²) in [7, 11) is 0. The lowest BCUT2D eigenvalue weighted by molar-refractivity contribution is -0.122. The number of aromatic nitrogens is 1. The van der Waals surface area contributed by atoms with Gasteiger partial charge in [-0.25, -0.2) is 4.98 Å². The van der Waals surface area contributed by atoms with E-state index in [0.717, 1.165) is 0 Å². The summed E-state index contributed by atoms with van der Waals surface area (Å²) in [4.78, 5) is 15.9. The molecule has 0 fully saturated rings. The second-order valence-corrected chi connectivity index (χ2v) is 4.89. The number of nitrogens with zero attached hydrogens (tertiary/aromatic N) is 1. The number of nitrogens with one attached hydrogen (secondary N) is 1. The van der Waals surface area contributed by atoms with Gasteiger partial charge in [0.25, 0.3) is 0 Å². The van der Waals surface area contributed by atoms with Crippen LogP contribution < -0.4 is 5.32 Å². The zero-order valence-electron chi connectivity index (χ0n) is 9.47. The summed E-state index contributed by atoms with van der Waals surface area (Å²) in [5.74, 6) is 0.133. The van der Waals surface area contributed by atoms with Crippen LogP contribution in [0.3, 0.4) is 0 Å². The van der Waals surface area contributed by atoms with E-state index >= 15 is 0 Å². The Morgan fingerprint density at radius 3 is 2.62 bits per heavy atom. The molecular weight excluding hydrogens is 247 g/mol. The smallest absolute Gasteiger partial charge is 0.231 e. The highest BCUT2D eigenvalue weighted by molar-refractivity contribution is 6.29. The van der Waals surface area contributed by atoms with E-state index < -0.39 is 5.41 Å². The summed E-state index contributed by atoms with van der Waals surface area (Å²) in [5.41, 5.74) is 0.743. The predicted octanol–water partition coefficient (Wildman–Crippen LogP) is 3.25. The van der Waals surface area contributed by atoms with Crippen molar-refractivity contribution in [3.63, 3.8) is 0 Å². The first-order chi connectivity index (χ1) is 7.36. The number of aryl methyl sites for hydroxylation is 1. The van der Waals surface area contributed by atoms with E-state index in [1.165, 1.54) is 0 Å². The van der Waals surface area contributed by atoms with Gasteiger partial charge < -0.3 is 5.32 Å². The van der Waals surface area contributed by atoms with Crippen LogP contribution in [0.1, 0.15) is 19.5 Å². The normalized spacial score (nSPS) is 11.3. The van der Waals surface area contributed by atoms with Crippen molar-refractivity contribution in [3.05, 3.63) is 23.0 Å². The van der Waals surface area contributed by atoms with Crippen LogP contribution in [-0.2, 0) is 4.79 Å². The highest BCUT2D eigenvalue weighted by atomic mass is 35.5. The van der Waals surface area contributed by atoms with Crippen LogP contribution in [0.5, 0.6) is 0 Å². The van der Waals surface area contributed by atoms with Gasteiger partial charge in [0, 0.05) is 5.88 Å². The Kier molecular flexibility index (Phi) is 4.16. The number of amides is 1. The number of anilines is 1. The molecule has 0 saturated heterocycles. The van der Waals surface area contributed by atoms with Crippen LogP contribution in [0.25, 0.3) is 0 Å². The molecule has 0 aliphatic rings. The van der Waals surface area contributed by atoms with Gasteiger partial charge in [0.05, 0.1) is 16.8 Å². The first kappa shape index (κ1) is 13.3. The molecular formula is C11H14Cl2N2O. The van der Waals surface area contributed by atoms with Crippen LogP contribution >= 0.6 is 23.2 Å². The molecule has 1 amide bonds. The van der Waals surface area contributed by atoms with Crippen molar-refractivity contribution in [2.75, 3.05) is 11.2 Å². The van der Waals surface area contributed by atoms with Gasteiger partial charge in [-0.1, -0.05) is 11.6 Å². The number of pyridine rings is 1. The summed E-state index contributed by atoms with van der Waals surface area (Å²) in [6.45, 7) is 5.36. The monoisotopic (exact) mass is 260 g/mol. The Morgan fingerprint density at radius 2 is 2.12 bits per heavy atom. The maximum absolute atomic E-state index is 11.8. The average molecular weight is 261 g/mol. The molecule has 5 heteroatoms. The third-order valence-electron chi connectivity index (χ3n) is 2.25. The number of rotatable bonds is 3. The van der Waals surface area contributed by atoms with E-state index in [-0.39, 0.29) is 11.8 Å². The molecule has 0 aliphatic carbocycles. The molecule has 1 heterocycles. The molecule has 1 aromatic rings. The molecule has 0 saturated carbocycles. The number of hydrogen-bond donors (Lipinski definition) is 1. The number of alkyl halides is 1. The predicted molar refractivity (Wildman–Crippen MR) is 67.1 cm³/mol. The van der Waals surface area contributed by atoms with Gasteiger partial charge in [-0.2, -0.15) is 0 Å². The second-order valence-electron chi connectivity index (χ2n) is 4.24. The van der Waals surface area contributed by atoms with E-state index in [2.05, 4.69) is 10.3 Å². The number of hydrogen-bond acceptors (Lipinski definition) is 2. The Labute approximate surface area is 105 Å². The van der Waals surface area contributed by atoms with Gasteiger partial charge >= 0.3 is 0 Å². The van der Waals surface area contributed by atoms with Crippen LogP contribution in [0.15, 0.2) is 12.1 Å². The fourth-order valence-electron chi connectivity index (χ4n) is 1.01. The van der Waals surface area contributed by atoms with E-state index in [9.17, 15) is 4.79 Å². The number of carbonyl (C=O) groups is 1. The van der Waals surface area contributed by atoms with Gasteiger partial charge in [-0.05, 0) is 32.9 Å². The number of halogens is 2. The lowest BCUT2D eigenvalue weighted by Crippen LogP contribution is -2.32. The molecule has 1 rings (SSSR count). The van der Waals surface area contributed by atoms with E-state index in [4.69, 9.17) is 23.2 Å². The van der Waals surface area contributed by atoms with Crippen molar-refractivity contribution in [1.82, 2.24) is 4.98 Å². The first-order valence-electron chi connectivity index (χ1n) is 4.87.